The summed E-state index contributed by atoms with van der Waals surface area (Å²) in [5, 5.41) is 0. The highest BCUT2D eigenvalue weighted by molar-refractivity contribution is 5.91. The van der Waals surface area contributed by atoms with Crippen molar-refractivity contribution in [3.8, 4) is 11.5 Å². The summed E-state index contributed by atoms with van der Waals surface area (Å²) >= 11 is 0. The fourth-order valence-electron chi connectivity index (χ4n) is 2.39. The molecule has 0 fully saturated rings. The topological polar surface area (TPSA) is 38.8 Å². The Morgan fingerprint density at radius 1 is 1.08 bits per heavy atom. The number of benzene rings is 2. The van der Waals surface area contributed by atoms with Crippen LogP contribution in [0.1, 0.15) is 18.1 Å². The molecule has 0 aliphatic carbocycles. The second kappa shape index (κ2) is 8.87. The molecule has 0 aliphatic heterocycles. The van der Waals surface area contributed by atoms with Crippen LogP contribution < -0.4 is 9.47 Å². The zero-order chi connectivity index (χ0) is 18.2. The molecule has 2 rings (SSSR count). The first-order valence-electron chi connectivity index (χ1n) is 8.00. The Kier molecular flexibility index (Phi) is 6.57. The molecule has 2 aromatic carbocycles. The number of carbonyl (C=O) groups excluding carboxylic acids is 1. The predicted octanol–water partition coefficient (Wildman–Crippen LogP) is 3.90. The molecule has 1 amide bonds. The maximum absolute atomic E-state index is 12.9. The van der Waals surface area contributed by atoms with Crippen molar-refractivity contribution >= 4 is 12.0 Å². The van der Waals surface area contributed by atoms with E-state index in [4.69, 9.17) is 9.47 Å². The van der Waals surface area contributed by atoms with Crippen LogP contribution in [0.3, 0.4) is 0 Å². The Hall–Kier alpha value is -2.82. The first kappa shape index (κ1) is 18.5. The van der Waals surface area contributed by atoms with E-state index in [0.29, 0.717) is 24.6 Å². The third-order valence-corrected chi connectivity index (χ3v) is 3.80. The SMILES string of the molecule is CCN(Cc1ccc(OC)c(OC)c1)C(=O)/C=C/c1ccc(F)cc1. The summed E-state index contributed by atoms with van der Waals surface area (Å²) in [5.41, 5.74) is 1.72. The van der Waals surface area contributed by atoms with Gasteiger partial charge in [-0.3, -0.25) is 4.79 Å². The van der Waals surface area contributed by atoms with E-state index in [-0.39, 0.29) is 11.7 Å². The summed E-state index contributed by atoms with van der Waals surface area (Å²) < 4.78 is 23.4. The molecule has 132 valence electrons. The Bertz CT molecular complexity index is 741. The zero-order valence-electron chi connectivity index (χ0n) is 14.7. The van der Waals surface area contributed by atoms with E-state index < -0.39 is 0 Å². The number of methoxy groups -OCH3 is 2. The summed E-state index contributed by atoms with van der Waals surface area (Å²) in [4.78, 5) is 14.1. The first-order chi connectivity index (χ1) is 12.1. The lowest BCUT2D eigenvalue weighted by molar-refractivity contribution is -0.126. The molecule has 0 N–H and O–H groups in total. The second-order valence-electron chi connectivity index (χ2n) is 5.43. The van der Waals surface area contributed by atoms with Gasteiger partial charge in [-0.2, -0.15) is 0 Å². The number of carbonyl (C=O) groups is 1. The van der Waals surface area contributed by atoms with Crippen LogP contribution >= 0.6 is 0 Å². The van der Waals surface area contributed by atoms with Gasteiger partial charge in [0, 0.05) is 19.2 Å². The average molecular weight is 343 g/mol. The van der Waals surface area contributed by atoms with E-state index in [0.717, 1.165) is 11.1 Å². The van der Waals surface area contributed by atoms with E-state index >= 15 is 0 Å². The van der Waals surface area contributed by atoms with Crippen LogP contribution in [0.4, 0.5) is 4.39 Å². The molecule has 0 bridgehead atoms. The third-order valence-electron chi connectivity index (χ3n) is 3.80. The van der Waals surface area contributed by atoms with Crippen molar-refractivity contribution in [3.63, 3.8) is 0 Å². The summed E-state index contributed by atoms with van der Waals surface area (Å²) in [6.45, 7) is 2.95. The average Bonchev–Trinajstić information content (AvgIpc) is 2.65. The standard InChI is InChI=1S/C20H22FNO3/c1-4-22(14-16-7-11-18(24-2)19(13-16)25-3)20(23)12-8-15-5-9-17(21)10-6-15/h5-13H,4,14H2,1-3H3/b12-8+. The van der Waals surface area contributed by atoms with Gasteiger partial charge in [-0.25, -0.2) is 4.39 Å². The fraction of sp³-hybridized carbons (Fsp3) is 0.250. The highest BCUT2D eigenvalue weighted by Gasteiger charge is 2.11. The van der Waals surface area contributed by atoms with Crippen LogP contribution in [-0.2, 0) is 11.3 Å². The van der Waals surface area contributed by atoms with Crippen molar-refractivity contribution in [1.82, 2.24) is 4.90 Å². The maximum Gasteiger partial charge on any atom is 0.246 e. The molecule has 0 saturated carbocycles. The molecule has 4 nitrogen and oxygen atoms in total. The minimum absolute atomic E-state index is 0.110. The number of halogens is 1. The van der Waals surface area contributed by atoms with Crippen molar-refractivity contribution < 1.29 is 18.7 Å². The summed E-state index contributed by atoms with van der Waals surface area (Å²) in [6, 6.07) is 11.6. The Balaban J connectivity index is 2.08. The van der Waals surface area contributed by atoms with Gasteiger partial charge in [0.1, 0.15) is 5.82 Å². The molecule has 0 aliphatic rings. The van der Waals surface area contributed by atoms with Gasteiger partial charge in [-0.05, 0) is 48.4 Å². The normalized spacial score (nSPS) is 10.7. The monoisotopic (exact) mass is 343 g/mol. The number of ether oxygens (including phenoxy) is 2. The molecule has 25 heavy (non-hydrogen) atoms. The van der Waals surface area contributed by atoms with E-state index in [1.807, 2.05) is 25.1 Å². The number of rotatable bonds is 7. The van der Waals surface area contributed by atoms with Crippen molar-refractivity contribution in [3.05, 3.63) is 65.5 Å². The number of hydrogen-bond donors (Lipinski definition) is 0. The van der Waals surface area contributed by atoms with Crippen LogP contribution in [0, 0.1) is 5.82 Å². The van der Waals surface area contributed by atoms with Gasteiger partial charge in [0.25, 0.3) is 0 Å². The molecule has 0 heterocycles. The smallest absolute Gasteiger partial charge is 0.246 e. The van der Waals surface area contributed by atoms with Crippen LogP contribution in [0.2, 0.25) is 0 Å². The molecular weight excluding hydrogens is 321 g/mol. The Morgan fingerprint density at radius 2 is 1.76 bits per heavy atom. The lowest BCUT2D eigenvalue weighted by Crippen LogP contribution is -2.28. The summed E-state index contributed by atoms with van der Waals surface area (Å²) in [6.07, 6.45) is 3.18. The van der Waals surface area contributed by atoms with Crippen LogP contribution in [0.25, 0.3) is 6.08 Å². The van der Waals surface area contributed by atoms with Crippen molar-refractivity contribution in [2.45, 2.75) is 13.5 Å². The molecule has 0 spiro atoms. The number of hydrogen-bond acceptors (Lipinski definition) is 3. The molecule has 0 radical (unpaired) electrons. The van der Waals surface area contributed by atoms with Gasteiger partial charge in [0.15, 0.2) is 11.5 Å². The van der Waals surface area contributed by atoms with Gasteiger partial charge in [0.2, 0.25) is 5.91 Å². The van der Waals surface area contributed by atoms with Crippen molar-refractivity contribution in [2.24, 2.45) is 0 Å². The van der Waals surface area contributed by atoms with Gasteiger partial charge in [-0.1, -0.05) is 18.2 Å². The van der Waals surface area contributed by atoms with Crippen molar-refractivity contribution in [2.75, 3.05) is 20.8 Å². The number of amides is 1. The molecule has 2 aromatic rings. The minimum Gasteiger partial charge on any atom is -0.493 e. The summed E-state index contributed by atoms with van der Waals surface area (Å²) in [7, 11) is 3.16. The molecule has 0 unspecified atom stereocenters. The third kappa shape index (κ3) is 5.08. The van der Waals surface area contributed by atoms with Crippen LogP contribution in [0.5, 0.6) is 11.5 Å². The highest BCUT2D eigenvalue weighted by Crippen LogP contribution is 2.28. The lowest BCUT2D eigenvalue weighted by atomic mass is 10.1. The second-order valence-corrected chi connectivity index (χ2v) is 5.43. The largest absolute Gasteiger partial charge is 0.493 e. The van der Waals surface area contributed by atoms with Gasteiger partial charge >= 0.3 is 0 Å². The number of nitrogens with zero attached hydrogens (tertiary/aromatic N) is 1. The maximum atomic E-state index is 12.9. The zero-order valence-corrected chi connectivity index (χ0v) is 14.7. The molecule has 5 heteroatoms. The molecular formula is C20H22FNO3. The summed E-state index contributed by atoms with van der Waals surface area (Å²) in [5.74, 6) is 0.871. The van der Waals surface area contributed by atoms with E-state index in [1.165, 1.54) is 18.2 Å². The number of likely N-dealkylation sites (N-methyl/N-ethyl adjacent to an activating group) is 1. The van der Waals surface area contributed by atoms with Gasteiger partial charge in [0.05, 0.1) is 14.2 Å². The van der Waals surface area contributed by atoms with Gasteiger partial charge in [-0.15, -0.1) is 0 Å². The van der Waals surface area contributed by atoms with Crippen LogP contribution in [0.15, 0.2) is 48.5 Å². The van der Waals surface area contributed by atoms with Crippen LogP contribution in [-0.4, -0.2) is 31.6 Å². The Labute approximate surface area is 147 Å². The van der Waals surface area contributed by atoms with E-state index in [9.17, 15) is 9.18 Å². The van der Waals surface area contributed by atoms with Gasteiger partial charge < -0.3 is 14.4 Å². The predicted molar refractivity (Wildman–Crippen MR) is 96.1 cm³/mol. The molecule has 0 atom stereocenters. The van der Waals surface area contributed by atoms with E-state index in [1.54, 1.807) is 37.3 Å². The highest BCUT2D eigenvalue weighted by atomic mass is 19.1. The quantitative estimate of drug-likeness (QED) is 0.716. The lowest BCUT2D eigenvalue weighted by Gasteiger charge is -2.20. The molecule has 0 saturated heterocycles. The molecule has 0 aromatic heterocycles. The Morgan fingerprint density at radius 3 is 2.36 bits per heavy atom. The van der Waals surface area contributed by atoms with Crippen molar-refractivity contribution in [1.29, 1.82) is 0 Å². The minimum atomic E-state index is -0.299. The first-order valence-corrected chi connectivity index (χ1v) is 8.00. The fourth-order valence-corrected chi connectivity index (χ4v) is 2.39. The van der Waals surface area contributed by atoms with E-state index in [2.05, 4.69) is 0 Å².